The minimum Gasteiger partial charge on any atom is -0.232 e. The number of thioether (sulfide) groups is 1. The van der Waals surface area contributed by atoms with Crippen LogP contribution in [0.1, 0.15) is 32.1 Å². The van der Waals surface area contributed by atoms with Crippen molar-refractivity contribution in [3.8, 4) is 0 Å². The van der Waals surface area contributed by atoms with Gasteiger partial charge in [0.05, 0.1) is 11.7 Å². The normalized spacial score (nSPS) is 18.7. The average Bonchev–Trinajstić information content (AvgIpc) is 2.14. The summed E-state index contributed by atoms with van der Waals surface area (Å²) in [4.78, 5) is 3.90. The maximum Gasteiger partial charge on any atom is 0.0585 e. The van der Waals surface area contributed by atoms with Gasteiger partial charge in [-0.2, -0.15) is 11.8 Å². The molecule has 0 spiro atoms. The Bertz CT molecular complexity index is 158. The third-order valence-electron chi connectivity index (χ3n) is 2.17. The van der Waals surface area contributed by atoms with Crippen molar-refractivity contribution in [2.24, 2.45) is 4.99 Å². The minimum atomic E-state index is 0.852. The van der Waals surface area contributed by atoms with Gasteiger partial charge in [0.15, 0.2) is 0 Å². The average molecular weight is 201 g/mol. The van der Waals surface area contributed by atoms with Crippen LogP contribution in [-0.4, -0.2) is 22.7 Å². The van der Waals surface area contributed by atoms with Crippen LogP contribution in [0.4, 0.5) is 0 Å². The summed E-state index contributed by atoms with van der Waals surface area (Å²) in [6, 6.07) is 0. The van der Waals surface area contributed by atoms with Crippen molar-refractivity contribution in [3.05, 3.63) is 0 Å². The van der Waals surface area contributed by atoms with Crippen LogP contribution in [0.5, 0.6) is 0 Å². The lowest BCUT2D eigenvalue weighted by Gasteiger charge is -2.20. The van der Waals surface area contributed by atoms with Gasteiger partial charge in [-0.3, -0.25) is 0 Å². The fourth-order valence-electron chi connectivity index (χ4n) is 1.54. The molecule has 0 amide bonds. The Balaban J connectivity index is 2.01. The van der Waals surface area contributed by atoms with E-state index >= 15 is 0 Å². The molecule has 0 atom stereocenters. The van der Waals surface area contributed by atoms with Crippen LogP contribution >= 0.6 is 24.0 Å². The molecule has 0 N–H and O–H groups in total. The van der Waals surface area contributed by atoms with Crippen LogP contribution in [0.25, 0.3) is 0 Å². The van der Waals surface area contributed by atoms with E-state index in [9.17, 15) is 0 Å². The lowest BCUT2D eigenvalue weighted by Crippen LogP contribution is -2.09. The van der Waals surface area contributed by atoms with Gasteiger partial charge in [-0.1, -0.05) is 19.3 Å². The van der Waals surface area contributed by atoms with E-state index in [1.165, 1.54) is 32.1 Å². The predicted octanol–water partition coefficient (Wildman–Crippen LogP) is 3.16. The molecule has 1 saturated carbocycles. The van der Waals surface area contributed by atoms with Crippen LogP contribution in [0.2, 0.25) is 0 Å². The molecule has 68 valence electrons. The largest absolute Gasteiger partial charge is 0.232 e. The van der Waals surface area contributed by atoms with Gasteiger partial charge in [-0.15, -0.1) is 0 Å². The van der Waals surface area contributed by atoms with Gasteiger partial charge in [-0.05, 0) is 25.1 Å². The first-order valence-electron chi connectivity index (χ1n) is 4.58. The van der Waals surface area contributed by atoms with Crippen LogP contribution in [-0.2, 0) is 0 Å². The summed E-state index contributed by atoms with van der Waals surface area (Å²) < 4.78 is 0. The number of thiocarbonyl (C=S) groups is 1. The summed E-state index contributed by atoms with van der Waals surface area (Å²) in [5, 5.41) is 3.30. The Morgan fingerprint density at radius 2 is 2.08 bits per heavy atom. The van der Waals surface area contributed by atoms with Gasteiger partial charge in [0.1, 0.15) is 0 Å². The topological polar surface area (TPSA) is 12.4 Å². The Morgan fingerprint density at radius 3 is 2.75 bits per heavy atom. The molecular weight excluding hydrogens is 186 g/mol. The van der Waals surface area contributed by atoms with Gasteiger partial charge in [-0.25, -0.2) is 4.99 Å². The Hall–Kier alpha value is 0.150. The fraction of sp³-hybridized carbons (Fsp3) is 0.889. The van der Waals surface area contributed by atoms with Crippen molar-refractivity contribution in [1.29, 1.82) is 0 Å². The number of hydrogen-bond acceptors (Lipinski definition) is 3. The highest BCUT2D eigenvalue weighted by Crippen LogP contribution is 2.27. The SMILES string of the molecule is S=C=NCCSC1CCCCC1. The molecule has 1 rings (SSSR count). The zero-order chi connectivity index (χ0) is 8.65. The third-order valence-corrected chi connectivity index (χ3v) is 3.66. The maximum absolute atomic E-state index is 4.50. The van der Waals surface area contributed by atoms with E-state index in [2.05, 4.69) is 34.1 Å². The molecule has 0 saturated heterocycles. The van der Waals surface area contributed by atoms with Gasteiger partial charge in [0, 0.05) is 11.0 Å². The third kappa shape index (κ3) is 4.24. The number of hydrogen-bond donors (Lipinski definition) is 0. The second-order valence-corrected chi connectivity index (χ2v) is 4.69. The van der Waals surface area contributed by atoms with Crippen molar-refractivity contribution in [3.63, 3.8) is 0 Å². The second kappa shape index (κ2) is 6.64. The Kier molecular flexibility index (Phi) is 5.66. The highest BCUT2D eigenvalue weighted by molar-refractivity contribution is 7.99. The van der Waals surface area contributed by atoms with Crippen LogP contribution in [0.15, 0.2) is 4.99 Å². The van der Waals surface area contributed by atoms with E-state index in [4.69, 9.17) is 0 Å². The zero-order valence-corrected chi connectivity index (χ0v) is 8.92. The van der Waals surface area contributed by atoms with Crippen molar-refractivity contribution in [1.82, 2.24) is 0 Å². The molecular formula is C9H15NS2. The standard InChI is InChI=1S/C9H15NS2/c11-8-10-6-7-12-9-4-2-1-3-5-9/h9H,1-7H2. The number of nitrogens with zero attached hydrogens (tertiary/aromatic N) is 1. The van der Waals surface area contributed by atoms with Crippen molar-refractivity contribution >= 4 is 29.1 Å². The summed E-state index contributed by atoms with van der Waals surface area (Å²) in [7, 11) is 0. The van der Waals surface area contributed by atoms with Crippen LogP contribution in [0, 0.1) is 0 Å². The molecule has 12 heavy (non-hydrogen) atoms. The highest BCUT2D eigenvalue weighted by Gasteiger charge is 2.12. The Morgan fingerprint density at radius 1 is 1.33 bits per heavy atom. The number of isothiocyanates is 1. The summed E-state index contributed by atoms with van der Waals surface area (Å²) in [6.45, 7) is 0.852. The van der Waals surface area contributed by atoms with Crippen LogP contribution < -0.4 is 0 Å². The van der Waals surface area contributed by atoms with Gasteiger partial charge >= 0.3 is 0 Å². The van der Waals surface area contributed by atoms with Crippen LogP contribution in [0.3, 0.4) is 0 Å². The first-order chi connectivity index (χ1) is 5.93. The first-order valence-corrected chi connectivity index (χ1v) is 6.04. The summed E-state index contributed by atoms with van der Waals surface area (Å²) >= 11 is 6.55. The van der Waals surface area contributed by atoms with E-state index in [-0.39, 0.29) is 0 Å². The lowest BCUT2D eigenvalue weighted by molar-refractivity contribution is 0.516. The molecule has 1 aliphatic rings. The fourth-order valence-corrected chi connectivity index (χ4v) is 2.83. The molecule has 0 radical (unpaired) electrons. The van der Waals surface area contributed by atoms with E-state index in [0.717, 1.165) is 17.5 Å². The molecule has 1 nitrogen and oxygen atoms in total. The van der Waals surface area contributed by atoms with Crippen molar-refractivity contribution in [2.45, 2.75) is 37.4 Å². The highest BCUT2D eigenvalue weighted by atomic mass is 32.2. The van der Waals surface area contributed by atoms with E-state index in [1.54, 1.807) is 0 Å². The molecule has 1 fully saturated rings. The van der Waals surface area contributed by atoms with Crippen molar-refractivity contribution < 1.29 is 0 Å². The van der Waals surface area contributed by atoms with Gasteiger partial charge in [0.25, 0.3) is 0 Å². The van der Waals surface area contributed by atoms with Crippen molar-refractivity contribution in [2.75, 3.05) is 12.3 Å². The summed E-state index contributed by atoms with van der Waals surface area (Å²) in [5.41, 5.74) is 0. The van der Waals surface area contributed by atoms with Gasteiger partial charge in [0.2, 0.25) is 0 Å². The predicted molar refractivity (Wildman–Crippen MR) is 59.2 cm³/mol. The molecule has 1 aliphatic carbocycles. The number of aliphatic imine (C=N–C) groups is 1. The Labute approximate surface area is 84.0 Å². The molecule has 0 bridgehead atoms. The molecule has 0 aromatic carbocycles. The maximum atomic E-state index is 4.50. The molecule has 3 heteroatoms. The first kappa shape index (κ1) is 10.2. The number of rotatable bonds is 4. The molecule has 0 aromatic rings. The summed E-state index contributed by atoms with van der Waals surface area (Å²) in [5.74, 6) is 1.12. The lowest BCUT2D eigenvalue weighted by atomic mass is 10.0. The van der Waals surface area contributed by atoms with E-state index in [1.807, 2.05) is 0 Å². The molecule has 0 heterocycles. The zero-order valence-electron chi connectivity index (χ0n) is 7.29. The smallest absolute Gasteiger partial charge is 0.0585 e. The molecule has 0 unspecified atom stereocenters. The second-order valence-electron chi connectivity index (χ2n) is 3.10. The minimum absolute atomic E-state index is 0.852. The molecule has 0 aromatic heterocycles. The van der Waals surface area contributed by atoms with E-state index in [0.29, 0.717) is 0 Å². The summed E-state index contributed by atoms with van der Waals surface area (Å²) in [6.07, 6.45) is 7.11. The quantitative estimate of drug-likeness (QED) is 0.393. The monoisotopic (exact) mass is 201 g/mol. The van der Waals surface area contributed by atoms with Gasteiger partial charge < -0.3 is 0 Å². The molecule has 0 aliphatic heterocycles. The van der Waals surface area contributed by atoms with E-state index < -0.39 is 0 Å².